The quantitative estimate of drug-likeness (QED) is 0.720. The van der Waals surface area contributed by atoms with Gasteiger partial charge >= 0.3 is 0 Å². The van der Waals surface area contributed by atoms with Crippen molar-refractivity contribution in [3.8, 4) is 0 Å². The number of pyridine rings is 1. The first kappa shape index (κ1) is 14.2. The van der Waals surface area contributed by atoms with Gasteiger partial charge in [-0.2, -0.15) is 0 Å². The van der Waals surface area contributed by atoms with E-state index in [0.29, 0.717) is 16.3 Å². The van der Waals surface area contributed by atoms with Gasteiger partial charge in [-0.15, -0.1) is 0 Å². The molecule has 0 aliphatic rings. The van der Waals surface area contributed by atoms with E-state index >= 15 is 0 Å². The summed E-state index contributed by atoms with van der Waals surface area (Å²) in [6.45, 7) is 0. The number of para-hydroxylation sites is 1. The summed E-state index contributed by atoms with van der Waals surface area (Å²) in [4.78, 5) is 5.04. The van der Waals surface area contributed by atoms with Gasteiger partial charge in [0.1, 0.15) is 0 Å². The molecule has 3 rings (SSSR count). The van der Waals surface area contributed by atoms with E-state index in [1.807, 2.05) is 42.5 Å². The van der Waals surface area contributed by atoms with Crippen LogP contribution < -0.4 is 5.73 Å². The molecule has 0 radical (unpaired) electrons. The lowest BCUT2D eigenvalue weighted by Crippen LogP contribution is -2.02. The van der Waals surface area contributed by atoms with Crippen molar-refractivity contribution in [1.29, 1.82) is 0 Å². The molecule has 0 saturated carbocycles. The summed E-state index contributed by atoms with van der Waals surface area (Å²) >= 11 is 3.39. The van der Waals surface area contributed by atoms with Crippen molar-refractivity contribution in [2.24, 2.45) is 0 Å². The molecule has 0 amide bonds. The van der Waals surface area contributed by atoms with Gasteiger partial charge < -0.3 is 5.73 Å². The van der Waals surface area contributed by atoms with Crippen molar-refractivity contribution >= 4 is 43.3 Å². The number of hydrogen-bond donors (Lipinski definition) is 1. The van der Waals surface area contributed by atoms with Gasteiger partial charge in [-0.25, -0.2) is 0 Å². The molecule has 0 fully saturated rings. The van der Waals surface area contributed by atoms with Gasteiger partial charge in [0.05, 0.1) is 27.0 Å². The number of nitrogens with zero attached hydrogens (tertiary/aromatic N) is 1. The average Bonchev–Trinajstić information content (AvgIpc) is 2.50. The zero-order valence-electron chi connectivity index (χ0n) is 11.1. The molecule has 106 valence electrons. The van der Waals surface area contributed by atoms with Crippen molar-refractivity contribution in [3.63, 3.8) is 0 Å². The van der Waals surface area contributed by atoms with E-state index in [1.54, 1.807) is 12.3 Å². The van der Waals surface area contributed by atoms with Crippen LogP contribution in [0.3, 0.4) is 0 Å². The minimum absolute atomic E-state index is 0.398. The third-order valence-corrected chi connectivity index (χ3v) is 5.13. The monoisotopic (exact) mass is 360 g/mol. The molecule has 2 aromatic carbocycles. The highest BCUT2D eigenvalue weighted by Gasteiger charge is 2.12. The smallest absolute Gasteiger partial charge is 0.0743 e. The van der Waals surface area contributed by atoms with E-state index < -0.39 is 10.8 Å². The highest BCUT2D eigenvalue weighted by atomic mass is 79.9. The number of anilines is 1. The molecule has 1 unspecified atom stereocenters. The SMILES string of the molecule is Nc1ccc(Br)cc1S(=O)Cc1cccc2cccnc12. The summed E-state index contributed by atoms with van der Waals surface area (Å²) in [5, 5.41) is 1.05. The molecule has 0 aliphatic heterocycles. The summed E-state index contributed by atoms with van der Waals surface area (Å²) in [6.07, 6.45) is 1.75. The van der Waals surface area contributed by atoms with Crippen molar-refractivity contribution in [1.82, 2.24) is 4.98 Å². The van der Waals surface area contributed by atoms with Crippen LogP contribution in [0.5, 0.6) is 0 Å². The number of rotatable bonds is 3. The lowest BCUT2D eigenvalue weighted by Gasteiger charge is -2.08. The third kappa shape index (κ3) is 2.99. The molecule has 0 bridgehead atoms. The molecule has 1 atom stereocenters. The Kier molecular flexibility index (Phi) is 4.03. The average molecular weight is 361 g/mol. The highest BCUT2D eigenvalue weighted by Crippen LogP contribution is 2.25. The number of benzene rings is 2. The van der Waals surface area contributed by atoms with Crippen LogP contribution in [0.2, 0.25) is 0 Å². The normalized spacial score (nSPS) is 12.4. The van der Waals surface area contributed by atoms with E-state index in [0.717, 1.165) is 20.9 Å². The van der Waals surface area contributed by atoms with Crippen molar-refractivity contribution in [2.45, 2.75) is 10.6 Å². The summed E-state index contributed by atoms with van der Waals surface area (Å²) in [6, 6.07) is 15.2. The fourth-order valence-corrected chi connectivity index (χ4v) is 3.98. The second-order valence-corrected chi connectivity index (χ2v) is 7.00. The van der Waals surface area contributed by atoms with Gasteiger partial charge in [0.25, 0.3) is 0 Å². The van der Waals surface area contributed by atoms with E-state index in [2.05, 4.69) is 20.9 Å². The minimum Gasteiger partial charge on any atom is -0.398 e. The van der Waals surface area contributed by atoms with Gasteiger partial charge in [-0.1, -0.05) is 40.2 Å². The molecule has 2 N–H and O–H groups in total. The van der Waals surface area contributed by atoms with Gasteiger partial charge in [-0.05, 0) is 29.8 Å². The Morgan fingerprint density at radius 2 is 1.95 bits per heavy atom. The molecule has 3 nitrogen and oxygen atoms in total. The standard InChI is InChI=1S/C16H13BrN2OS/c17-13-6-7-14(18)15(9-13)21(20)10-12-4-1-3-11-5-2-8-19-16(11)12/h1-9H,10,18H2. The van der Waals surface area contributed by atoms with Crippen LogP contribution in [0.1, 0.15) is 5.56 Å². The Hall–Kier alpha value is -1.72. The van der Waals surface area contributed by atoms with Crippen LogP contribution in [0.4, 0.5) is 5.69 Å². The van der Waals surface area contributed by atoms with Crippen LogP contribution in [-0.4, -0.2) is 9.19 Å². The maximum absolute atomic E-state index is 12.6. The lowest BCUT2D eigenvalue weighted by molar-refractivity contribution is 0.683. The van der Waals surface area contributed by atoms with Gasteiger partial charge in [-0.3, -0.25) is 9.19 Å². The zero-order chi connectivity index (χ0) is 14.8. The molecule has 3 aromatic rings. The van der Waals surface area contributed by atoms with Crippen molar-refractivity contribution in [2.75, 3.05) is 5.73 Å². The molecule has 1 heterocycles. The molecule has 0 saturated heterocycles. The largest absolute Gasteiger partial charge is 0.398 e. The number of nitrogens with two attached hydrogens (primary N) is 1. The molecule has 1 aromatic heterocycles. The number of fused-ring (bicyclic) bond motifs is 1. The van der Waals surface area contributed by atoms with Gasteiger partial charge in [0.15, 0.2) is 0 Å². The zero-order valence-corrected chi connectivity index (χ0v) is 13.5. The summed E-state index contributed by atoms with van der Waals surface area (Å²) in [5.41, 5.74) is 8.33. The predicted molar refractivity (Wildman–Crippen MR) is 90.4 cm³/mol. The Morgan fingerprint density at radius 3 is 2.81 bits per heavy atom. The second kappa shape index (κ2) is 5.95. The predicted octanol–water partition coefficient (Wildman–Crippen LogP) is 3.89. The molecular formula is C16H13BrN2OS. The summed E-state index contributed by atoms with van der Waals surface area (Å²) in [5.74, 6) is 0.398. The minimum atomic E-state index is -1.21. The Bertz CT molecular complexity index is 830. The van der Waals surface area contributed by atoms with Crippen molar-refractivity contribution in [3.05, 3.63) is 64.8 Å². The molecule has 0 aliphatic carbocycles. The van der Waals surface area contributed by atoms with Gasteiger partial charge in [0.2, 0.25) is 0 Å². The van der Waals surface area contributed by atoms with E-state index in [4.69, 9.17) is 5.73 Å². The van der Waals surface area contributed by atoms with Crippen LogP contribution in [0.25, 0.3) is 10.9 Å². The fourth-order valence-electron chi connectivity index (χ4n) is 2.21. The van der Waals surface area contributed by atoms with E-state index in [1.165, 1.54) is 0 Å². The Balaban J connectivity index is 1.99. The molecule has 5 heteroatoms. The Labute approximate surface area is 133 Å². The third-order valence-electron chi connectivity index (χ3n) is 3.22. The highest BCUT2D eigenvalue weighted by molar-refractivity contribution is 9.10. The molecule has 0 spiro atoms. The molecular weight excluding hydrogens is 348 g/mol. The maximum Gasteiger partial charge on any atom is 0.0743 e. The number of halogens is 1. The fraction of sp³-hybridized carbons (Fsp3) is 0.0625. The van der Waals surface area contributed by atoms with Crippen LogP contribution in [0.15, 0.2) is 64.1 Å². The van der Waals surface area contributed by atoms with Crippen LogP contribution in [0, 0.1) is 0 Å². The summed E-state index contributed by atoms with van der Waals surface area (Å²) in [7, 11) is -1.21. The number of nitrogen functional groups attached to an aromatic ring is 1. The van der Waals surface area contributed by atoms with Gasteiger partial charge in [0, 0.05) is 21.7 Å². The first-order valence-electron chi connectivity index (χ1n) is 6.41. The van der Waals surface area contributed by atoms with E-state index in [-0.39, 0.29) is 0 Å². The second-order valence-electron chi connectivity index (χ2n) is 4.66. The lowest BCUT2D eigenvalue weighted by atomic mass is 10.1. The van der Waals surface area contributed by atoms with Crippen molar-refractivity contribution < 1.29 is 4.21 Å². The summed E-state index contributed by atoms with van der Waals surface area (Å²) < 4.78 is 13.5. The number of hydrogen-bond acceptors (Lipinski definition) is 3. The van der Waals surface area contributed by atoms with Crippen LogP contribution in [-0.2, 0) is 16.6 Å². The van der Waals surface area contributed by atoms with Crippen LogP contribution >= 0.6 is 15.9 Å². The van der Waals surface area contributed by atoms with E-state index in [9.17, 15) is 4.21 Å². The number of aromatic nitrogens is 1. The topological polar surface area (TPSA) is 56.0 Å². The first-order chi connectivity index (χ1) is 10.1. The molecule has 21 heavy (non-hydrogen) atoms. The maximum atomic E-state index is 12.6. The Morgan fingerprint density at radius 1 is 1.14 bits per heavy atom. The first-order valence-corrected chi connectivity index (χ1v) is 8.52.